The smallest absolute Gasteiger partial charge is 0.167 e. The van der Waals surface area contributed by atoms with Crippen LogP contribution in [-0.2, 0) is 13.6 Å². The molecule has 3 heterocycles. The summed E-state index contributed by atoms with van der Waals surface area (Å²) >= 11 is 0. The van der Waals surface area contributed by atoms with Crippen molar-refractivity contribution in [1.29, 1.82) is 5.41 Å². The van der Waals surface area contributed by atoms with E-state index in [-0.39, 0.29) is 12.1 Å². The Labute approximate surface area is 108 Å². The van der Waals surface area contributed by atoms with E-state index >= 15 is 0 Å². The van der Waals surface area contributed by atoms with Gasteiger partial charge in [-0.2, -0.15) is 0 Å². The number of hydrogen-bond donors (Lipinski definition) is 2. The second-order valence-electron chi connectivity index (χ2n) is 4.43. The molecule has 0 bridgehead atoms. The average molecular weight is 258 g/mol. The lowest BCUT2D eigenvalue weighted by molar-refractivity contribution is 0.273. The first-order chi connectivity index (χ1) is 9.11. The van der Waals surface area contributed by atoms with Crippen molar-refractivity contribution in [3.63, 3.8) is 0 Å². The van der Waals surface area contributed by atoms with Crippen LogP contribution >= 0.6 is 0 Å². The minimum absolute atomic E-state index is 0.0257. The maximum absolute atomic E-state index is 8.96. The van der Waals surface area contributed by atoms with Crippen molar-refractivity contribution in [1.82, 2.24) is 24.1 Å². The van der Waals surface area contributed by atoms with E-state index in [9.17, 15) is 0 Å². The molecule has 3 aromatic rings. The van der Waals surface area contributed by atoms with Crippen molar-refractivity contribution in [2.24, 2.45) is 7.05 Å². The fourth-order valence-corrected chi connectivity index (χ4v) is 2.10. The van der Waals surface area contributed by atoms with Crippen LogP contribution in [0.5, 0.6) is 0 Å². The summed E-state index contributed by atoms with van der Waals surface area (Å²) in [5.41, 5.74) is 2.33. The maximum atomic E-state index is 8.96. The van der Waals surface area contributed by atoms with E-state index in [1.165, 1.54) is 6.33 Å². The van der Waals surface area contributed by atoms with Gasteiger partial charge >= 0.3 is 0 Å². The number of nitrogens with one attached hydrogen (secondary N) is 1. The predicted octanol–water partition coefficient (Wildman–Crippen LogP) is 0.0982. The molecular formula is C12H14N6O. The van der Waals surface area contributed by atoms with Gasteiger partial charge in [0.25, 0.3) is 0 Å². The second-order valence-corrected chi connectivity index (χ2v) is 4.43. The molecule has 0 aliphatic heterocycles. The molecule has 7 nitrogen and oxygen atoms in total. The van der Waals surface area contributed by atoms with Crippen LogP contribution in [0.4, 0.5) is 0 Å². The summed E-state index contributed by atoms with van der Waals surface area (Å²) < 4.78 is 3.49. The molecule has 0 spiro atoms. The second kappa shape index (κ2) is 4.13. The summed E-state index contributed by atoms with van der Waals surface area (Å²) in [6, 6.07) is 1.83. The van der Waals surface area contributed by atoms with Gasteiger partial charge in [-0.1, -0.05) is 0 Å². The molecule has 0 aromatic carbocycles. The predicted molar refractivity (Wildman–Crippen MR) is 69.5 cm³/mol. The lowest BCUT2D eigenvalue weighted by atomic mass is 10.3. The van der Waals surface area contributed by atoms with Crippen molar-refractivity contribution in [3.8, 4) is 0 Å². The molecule has 0 aliphatic rings. The van der Waals surface area contributed by atoms with E-state index < -0.39 is 0 Å². The number of nitrogens with zero attached hydrogens (tertiary/aromatic N) is 5. The molecule has 19 heavy (non-hydrogen) atoms. The Kier molecular flexibility index (Phi) is 2.56. The van der Waals surface area contributed by atoms with Gasteiger partial charge in [0.2, 0.25) is 0 Å². The highest BCUT2D eigenvalue weighted by molar-refractivity contribution is 5.86. The van der Waals surface area contributed by atoms with Crippen LogP contribution in [0.3, 0.4) is 0 Å². The molecule has 0 unspecified atom stereocenters. The fourth-order valence-electron chi connectivity index (χ4n) is 2.10. The van der Waals surface area contributed by atoms with Crippen molar-refractivity contribution in [2.75, 3.05) is 6.61 Å². The normalized spacial score (nSPS) is 11.5. The summed E-state index contributed by atoms with van der Waals surface area (Å²) in [6.45, 7) is 2.23. The number of hydrogen-bond acceptors (Lipinski definition) is 5. The van der Waals surface area contributed by atoms with Crippen molar-refractivity contribution < 1.29 is 5.11 Å². The van der Waals surface area contributed by atoms with Gasteiger partial charge in [-0.05, 0) is 13.0 Å². The molecule has 0 fully saturated rings. The molecule has 98 valence electrons. The Morgan fingerprint density at radius 3 is 2.89 bits per heavy atom. The lowest BCUT2D eigenvalue weighted by Crippen LogP contribution is -2.22. The number of aliphatic hydroxyl groups excluding tert-OH is 1. The molecule has 0 aliphatic carbocycles. The largest absolute Gasteiger partial charge is 0.395 e. The van der Waals surface area contributed by atoms with Crippen molar-refractivity contribution >= 4 is 22.2 Å². The van der Waals surface area contributed by atoms with E-state index in [4.69, 9.17) is 10.5 Å². The number of rotatable bonds is 2. The average Bonchev–Trinajstić information content (AvgIpc) is 2.67. The zero-order chi connectivity index (χ0) is 13.6. The number of aromatic nitrogens is 5. The number of aryl methyl sites for hydroxylation is 2. The third-order valence-corrected chi connectivity index (χ3v) is 3.25. The first kappa shape index (κ1) is 11.8. The number of aliphatic hydroxyl groups is 1. The molecule has 3 rings (SSSR count). The van der Waals surface area contributed by atoms with E-state index in [1.807, 2.05) is 24.6 Å². The molecular weight excluding hydrogens is 244 g/mol. The van der Waals surface area contributed by atoms with Gasteiger partial charge in [-0.3, -0.25) is 5.41 Å². The van der Waals surface area contributed by atoms with Gasteiger partial charge in [0.1, 0.15) is 16.8 Å². The molecule has 0 saturated carbocycles. The molecule has 0 atom stereocenters. The Morgan fingerprint density at radius 1 is 1.37 bits per heavy atom. The highest BCUT2D eigenvalue weighted by Gasteiger charge is 2.10. The summed E-state index contributed by atoms with van der Waals surface area (Å²) in [5.74, 6) is 0.868. The summed E-state index contributed by atoms with van der Waals surface area (Å²) in [7, 11) is 1.90. The van der Waals surface area contributed by atoms with Gasteiger partial charge in [0.05, 0.1) is 18.3 Å². The number of pyridine rings is 1. The van der Waals surface area contributed by atoms with Crippen LogP contribution in [-0.4, -0.2) is 35.8 Å². The molecule has 2 N–H and O–H groups in total. The number of imidazole rings is 1. The van der Waals surface area contributed by atoms with E-state index in [0.717, 1.165) is 17.0 Å². The standard InChI is InChI=1S/C12H14N6O/c1-7-15-9-5-8-10(13)18(3-4-19)6-14-11(8)16-12(9)17(7)2/h5-6,13,19H,3-4H2,1-2H3. The molecule has 3 aromatic heterocycles. The van der Waals surface area contributed by atoms with Gasteiger partial charge in [-0.15, -0.1) is 0 Å². The van der Waals surface area contributed by atoms with Crippen molar-refractivity contribution in [2.45, 2.75) is 13.5 Å². The molecule has 7 heteroatoms. The van der Waals surface area contributed by atoms with Crippen LogP contribution in [0.25, 0.3) is 22.2 Å². The summed E-state index contributed by atoms with van der Waals surface area (Å²) in [4.78, 5) is 13.1. The zero-order valence-corrected chi connectivity index (χ0v) is 10.8. The van der Waals surface area contributed by atoms with Gasteiger partial charge in [0, 0.05) is 13.6 Å². The van der Waals surface area contributed by atoms with Crippen LogP contribution < -0.4 is 5.49 Å². The molecule has 0 amide bonds. The monoisotopic (exact) mass is 258 g/mol. The quantitative estimate of drug-likeness (QED) is 0.681. The third-order valence-electron chi connectivity index (χ3n) is 3.25. The summed E-state index contributed by atoms with van der Waals surface area (Å²) in [6.07, 6.45) is 1.53. The SMILES string of the molecule is Cc1nc2cc3c(=N)n(CCO)cnc3nc2n1C. The van der Waals surface area contributed by atoms with Crippen LogP contribution in [0.15, 0.2) is 12.4 Å². The maximum Gasteiger partial charge on any atom is 0.167 e. The topological polar surface area (TPSA) is 92.6 Å². The van der Waals surface area contributed by atoms with Crippen molar-refractivity contribution in [3.05, 3.63) is 23.7 Å². The van der Waals surface area contributed by atoms with E-state index in [2.05, 4.69) is 15.0 Å². The first-order valence-corrected chi connectivity index (χ1v) is 5.96. The Balaban J connectivity index is 2.38. The highest BCUT2D eigenvalue weighted by Crippen LogP contribution is 2.15. The minimum atomic E-state index is -0.0257. The van der Waals surface area contributed by atoms with E-state index in [0.29, 0.717) is 17.6 Å². The third kappa shape index (κ3) is 1.70. The number of fused-ring (bicyclic) bond motifs is 2. The lowest BCUT2D eigenvalue weighted by Gasteiger charge is -2.06. The highest BCUT2D eigenvalue weighted by atomic mass is 16.3. The Hall–Kier alpha value is -2.28. The zero-order valence-electron chi connectivity index (χ0n) is 10.8. The fraction of sp³-hybridized carbons (Fsp3) is 0.333. The molecule has 0 saturated heterocycles. The molecule has 0 radical (unpaired) electrons. The van der Waals surface area contributed by atoms with Crippen LogP contribution in [0.2, 0.25) is 0 Å². The van der Waals surface area contributed by atoms with Gasteiger partial charge < -0.3 is 14.2 Å². The van der Waals surface area contributed by atoms with Crippen LogP contribution in [0.1, 0.15) is 5.82 Å². The Bertz CT molecular complexity index is 831. The Morgan fingerprint density at radius 2 is 2.16 bits per heavy atom. The van der Waals surface area contributed by atoms with E-state index in [1.54, 1.807) is 4.57 Å². The minimum Gasteiger partial charge on any atom is -0.395 e. The first-order valence-electron chi connectivity index (χ1n) is 5.96. The van der Waals surface area contributed by atoms with Crippen LogP contribution in [0, 0.1) is 12.3 Å². The summed E-state index contributed by atoms with van der Waals surface area (Å²) in [5, 5.41) is 17.7. The van der Waals surface area contributed by atoms with Gasteiger partial charge in [0.15, 0.2) is 11.3 Å². The van der Waals surface area contributed by atoms with Gasteiger partial charge in [-0.25, -0.2) is 15.0 Å².